The Bertz CT molecular complexity index is 645. The van der Waals surface area contributed by atoms with E-state index in [0.29, 0.717) is 30.9 Å². The number of carbonyl (C=O) groups excluding carboxylic acids is 2. The third-order valence-corrected chi connectivity index (χ3v) is 4.91. The van der Waals surface area contributed by atoms with Gasteiger partial charge in [-0.1, -0.05) is 30.2 Å². The number of fused-ring (bicyclic) bond motifs is 1. The molecule has 4 nitrogen and oxygen atoms in total. The zero-order chi connectivity index (χ0) is 16.6. The van der Waals surface area contributed by atoms with Gasteiger partial charge in [0.2, 0.25) is 11.8 Å². The summed E-state index contributed by atoms with van der Waals surface area (Å²) in [5.41, 5.74) is 3.06. The Morgan fingerprint density at radius 2 is 1.61 bits per heavy atom. The van der Waals surface area contributed by atoms with E-state index in [4.69, 9.17) is 4.74 Å². The number of rotatable bonds is 4. The minimum atomic E-state index is -0.217. The van der Waals surface area contributed by atoms with Gasteiger partial charge in [-0.15, -0.1) is 0 Å². The van der Waals surface area contributed by atoms with Crippen LogP contribution in [0.3, 0.4) is 0 Å². The fraction of sp³-hybridized carbons (Fsp3) is 0.474. The summed E-state index contributed by atoms with van der Waals surface area (Å²) in [6, 6.07) is 7.32. The second kappa shape index (κ2) is 6.19. The van der Waals surface area contributed by atoms with Crippen molar-refractivity contribution in [2.45, 2.75) is 40.0 Å². The molecule has 0 N–H and O–H groups in total. The first-order chi connectivity index (χ1) is 11.0. The molecule has 0 unspecified atom stereocenters. The van der Waals surface area contributed by atoms with Crippen molar-refractivity contribution in [1.29, 1.82) is 0 Å². The summed E-state index contributed by atoms with van der Waals surface area (Å²) in [4.78, 5) is 27.1. The number of hydrogen-bond acceptors (Lipinski definition) is 3. The lowest BCUT2D eigenvalue weighted by molar-refractivity contribution is -0.122. The quantitative estimate of drug-likeness (QED) is 0.629. The zero-order valence-electron chi connectivity index (χ0n) is 14.0. The van der Waals surface area contributed by atoms with E-state index in [1.54, 1.807) is 6.07 Å². The maximum Gasteiger partial charge on any atom is 0.238 e. The van der Waals surface area contributed by atoms with Crippen molar-refractivity contribution in [3.8, 4) is 5.75 Å². The highest BCUT2D eigenvalue weighted by molar-refractivity contribution is 6.23. The fourth-order valence-electron chi connectivity index (χ4n) is 3.47. The molecule has 122 valence electrons. The molecule has 3 rings (SSSR count). The molecular weight excluding hydrogens is 290 g/mol. The first kappa shape index (κ1) is 15.8. The maximum atomic E-state index is 12.9. The molecular formula is C19H23NO3. The van der Waals surface area contributed by atoms with Gasteiger partial charge < -0.3 is 4.74 Å². The smallest absolute Gasteiger partial charge is 0.238 e. The average Bonchev–Trinajstić information content (AvgIpc) is 2.77. The molecule has 1 aliphatic heterocycles. The molecule has 0 spiro atoms. The lowest BCUT2D eigenvalue weighted by atomic mass is 9.78. The van der Waals surface area contributed by atoms with E-state index in [1.165, 1.54) is 16.0 Å². The highest BCUT2D eigenvalue weighted by Crippen LogP contribution is 2.44. The van der Waals surface area contributed by atoms with Gasteiger partial charge >= 0.3 is 0 Å². The van der Waals surface area contributed by atoms with Crippen molar-refractivity contribution < 1.29 is 14.3 Å². The molecule has 0 saturated carbocycles. The van der Waals surface area contributed by atoms with Crippen molar-refractivity contribution in [3.05, 3.63) is 35.4 Å². The summed E-state index contributed by atoms with van der Waals surface area (Å²) >= 11 is 0. The Labute approximate surface area is 137 Å². The van der Waals surface area contributed by atoms with E-state index in [0.717, 1.165) is 6.42 Å². The monoisotopic (exact) mass is 313 g/mol. The molecule has 2 aliphatic rings. The number of imide groups is 1. The van der Waals surface area contributed by atoms with Crippen molar-refractivity contribution >= 4 is 17.5 Å². The van der Waals surface area contributed by atoms with Gasteiger partial charge in [0.1, 0.15) is 5.75 Å². The van der Waals surface area contributed by atoms with Gasteiger partial charge in [0, 0.05) is 0 Å². The first-order valence-corrected chi connectivity index (χ1v) is 8.29. The minimum absolute atomic E-state index is 0.0839. The lowest BCUT2D eigenvalue weighted by Gasteiger charge is -2.23. The molecule has 1 aliphatic carbocycles. The number of ether oxygens (including phenoxy) is 1. The van der Waals surface area contributed by atoms with E-state index in [9.17, 15) is 9.59 Å². The predicted molar refractivity (Wildman–Crippen MR) is 89.3 cm³/mol. The molecule has 1 saturated heterocycles. The van der Waals surface area contributed by atoms with Crippen molar-refractivity contribution in [2.75, 3.05) is 11.5 Å². The summed E-state index contributed by atoms with van der Waals surface area (Å²) in [5.74, 6) is 0.00533. The van der Waals surface area contributed by atoms with Crippen LogP contribution in [-0.2, 0) is 9.59 Å². The van der Waals surface area contributed by atoms with Crippen LogP contribution in [0, 0.1) is 11.8 Å². The molecule has 2 amide bonds. The molecule has 1 fully saturated rings. The molecule has 0 bridgehead atoms. The second-order valence-electron chi connectivity index (χ2n) is 6.51. The van der Waals surface area contributed by atoms with Gasteiger partial charge in [-0.2, -0.15) is 0 Å². The van der Waals surface area contributed by atoms with Crippen LogP contribution in [0.15, 0.2) is 35.4 Å². The van der Waals surface area contributed by atoms with Crippen LogP contribution < -0.4 is 9.64 Å². The van der Waals surface area contributed by atoms with Crippen LogP contribution in [0.25, 0.3) is 0 Å². The maximum absolute atomic E-state index is 12.9. The molecule has 1 aromatic rings. The summed E-state index contributed by atoms with van der Waals surface area (Å²) in [7, 11) is 0. The number of carbonyl (C=O) groups is 2. The standard InChI is InChI=1S/C19H23NO3/c1-4-9-23-17-8-6-5-7-16(17)20-18(21)14-10-12(2)13(3)11-15(14)19(20)22/h5-8,14-15H,4,9-11H2,1-3H3/t14-,15-/m0/s1. The number of allylic oxidation sites excluding steroid dienone is 2. The van der Waals surface area contributed by atoms with Gasteiger partial charge in [0.25, 0.3) is 0 Å². The Hall–Kier alpha value is -2.10. The number of benzene rings is 1. The average molecular weight is 313 g/mol. The summed E-state index contributed by atoms with van der Waals surface area (Å²) in [5, 5.41) is 0. The predicted octanol–water partition coefficient (Wildman–Crippen LogP) is 3.71. The van der Waals surface area contributed by atoms with E-state index < -0.39 is 0 Å². The molecule has 23 heavy (non-hydrogen) atoms. The number of amides is 2. The van der Waals surface area contributed by atoms with Crippen molar-refractivity contribution in [2.24, 2.45) is 11.8 Å². The number of anilines is 1. The van der Waals surface area contributed by atoms with Crippen LogP contribution in [0.5, 0.6) is 5.75 Å². The molecule has 0 radical (unpaired) electrons. The van der Waals surface area contributed by atoms with Crippen LogP contribution in [-0.4, -0.2) is 18.4 Å². The SMILES string of the molecule is CCCOc1ccccc1N1C(=O)[C@H]2CC(C)=C(C)C[C@@H]2C1=O. The van der Waals surface area contributed by atoms with Crippen LogP contribution in [0.1, 0.15) is 40.0 Å². The van der Waals surface area contributed by atoms with Gasteiger partial charge in [0.15, 0.2) is 0 Å². The largest absolute Gasteiger partial charge is 0.491 e. The van der Waals surface area contributed by atoms with Gasteiger partial charge in [-0.25, -0.2) is 4.90 Å². The lowest BCUT2D eigenvalue weighted by Crippen LogP contribution is -2.31. The van der Waals surface area contributed by atoms with Crippen LogP contribution >= 0.6 is 0 Å². The van der Waals surface area contributed by atoms with Gasteiger partial charge in [-0.3, -0.25) is 9.59 Å². The van der Waals surface area contributed by atoms with E-state index in [-0.39, 0.29) is 23.7 Å². The normalized spacial score (nSPS) is 24.2. The highest BCUT2D eigenvalue weighted by Gasteiger charge is 2.50. The fourth-order valence-corrected chi connectivity index (χ4v) is 3.47. The molecule has 0 aromatic heterocycles. The third kappa shape index (κ3) is 2.67. The third-order valence-electron chi connectivity index (χ3n) is 4.91. The van der Waals surface area contributed by atoms with Gasteiger partial charge in [-0.05, 0) is 45.2 Å². The van der Waals surface area contributed by atoms with Gasteiger partial charge in [0.05, 0.1) is 24.1 Å². The Balaban J connectivity index is 1.94. The number of para-hydroxylation sites is 2. The van der Waals surface area contributed by atoms with Crippen LogP contribution in [0.2, 0.25) is 0 Å². The van der Waals surface area contributed by atoms with Crippen molar-refractivity contribution in [3.63, 3.8) is 0 Å². The van der Waals surface area contributed by atoms with Crippen LogP contribution in [0.4, 0.5) is 5.69 Å². The Morgan fingerprint density at radius 3 is 2.17 bits per heavy atom. The van der Waals surface area contributed by atoms with E-state index in [2.05, 4.69) is 13.8 Å². The highest BCUT2D eigenvalue weighted by atomic mass is 16.5. The Kier molecular flexibility index (Phi) is 4.24. The first-order valence-electron chi connectivity index (χ1n) is 8.29. The molecule has 1 heterocycles. The topological polar surface area (TPSA) is 46.6 Å². The number of nitrogens with zero attached hydrogens (tertiary/aromatic N) is 1. The summed E-state index contributed by atoms with van der Waals surface area (Å²) < 4.78 is 5.73. The Morgan fingerprint density at radius 1 is 1.04 bits per heavy atom. The summed E-state index contributed by atoms with van der Waals surface area (Å²) in [6.07, 6.45) is 2.26. The second-order valence-corrected chi connectivity index (χ2v) is 6.51. The number of hydrogen-bond donors (Lipinski definition) is 0. The molecule has 1 aromatic carbocycles. The van der Waals surface area contributed by atoms with E-state index >= 15 is 0 Å². The minimum Gasteiger partial charge on any atom is -0.491 e. The summed E-state index contributed by atoms with van der Waals surface area (Å²) in [6.45, 7) is 6.72. The molecule has 4 heteroatoms. The zero-order valence-corrected chi connectivity index (χ0v) is 14.0. The van der Waals surface area contributed by atoms with E-state index in [1.807, 2.05) is 25.1 Å². The van der Waals surface area contributed by atoms with Crippen molar-refractivity contribution in [1.82, 2.24) is 0 Å². The molecule has 2 atom stereocenters.